The smallest absolute Gasteiger partial charge is 0.0402 e. The van der Waals surface area contributed by atoms with Crippen LogP contribution in [-0.2, 0) is 0 Å². The van der Waals surface area contributed by atoms with Gasteiger partial charge in [-0.2, -0.15) is 0 Å². The number of hydrogen-bond donors (Lipinski definition) is 2. The van der Waals surface area contributed by atoms with E-state index in [1.165, 1.54) is 23.2 Å². The molecular weight excluding hydrogens is 172 g/mol. The Bertz CT molecular complexity index is 294. The Morgan fingerprint density at radius 3 is 2.57 bits per heavy atom. The topological polar surface area (TPSA) is 24.1 Å². The van der Waals surface area contributed by atoms with Crippen molar-refractivity contribution < 1.29 is 0 Å². The van der Waals surface area contributed by atoms with Gasteiger partial charge < -0.3 is 10.6 Å². The van der Waals surface area contributed by atoms with Crippen LogP contribution in [0.4, 0.5) is 5.69 Å². The molecule has 2 nitrogen and oxygen atoms in total. The summed E-state index contributed by atoms with van der Waals surface area (Å²) in [6.07, 6.45) is 1.23. The molecule has 2 heteroatoms. The summed E-state index contributed by atoms with van der Waals surface area (Å²) in [7, 11) is 0. The number of para-hydroxylation sites is 1. The molecule has 1 saturated heterocycles. The van der Waals surface area contributed by atoms with Gasteiger partial charge in [0.15, 0.2) is 0 Å². The lowest BCUT2D eigenvalue weighted by Gasteiger charge is -2.17. The van der Waals surface area contributed by atoms with Crippen molar-refractivity contribution in [3.8, 4) is 0 Å². The third kappa shape index (κ3) is 1.90. The van der Waals surface area contributed by atoms with E-state index in [1.807, 2.05) is 0 Å². The van der Waals surface area contributed by atoms with Crippen LogP contribution in [-0.4, -0.2) is 19.1 Å². The van der Waals surface area contributed by atoms with Crippen molar-refractivity contribution in [3.63, 3.8) is 0 Å². The number of rotatable bonds is 2. The van der Waals surface area contributed by atoms with Crippen LogP contribution in [0.15, 0.2) is 18.2 Å². The highest BCUT2D eigenvalue weighted by atomic mass is 15.0. The lowest BCUT2D eigenvalue weighted by atomic mass is 10.1. The molecule has 14 heavy (non-hydrogen) atoms. The first-order valence-electron chi connectivity index (χ1n) is 5.31. The molecule has 0 bridgehead atoms. The van der Waals surface area contributed by atoms with Crippen molar-refractivity contribution in [3.05, 3.63) is 29.3 Å². The van der Waals surface area contributed by atoms with Crippen molar-refractivity contribution in [2.75, 3.05) is 18.4 Å². The van der Waals surface area contributed by atoms with E-state index in [4.69, 9.17) is 0 Å². The van der Waals surface area contributed by atoms with Gasteiger partial charge in [-0.05, 0) is 37.9 Å². The average Bonchev–Trinajstić information content (AvgIpc) is 2.64. The van der Waals surface area contributed by atoms with E-state index in [-0.39, 0.29) is 0 Å². The first-order chi connectivity index (χ1) is 6.77. The Hall–Kier alpha value is -1.02. The first-order valence-corrected chi connectivity index (χ1v) is 5.31. The largest absolute Gasteiger partial charge is 0.381 e. The lowest BCUT2D eigenvalue weighted by Crippen LogP contribution is -2.23. The molecule has 1 aromatic rings. The second kappa shape index (κ2) is 4.01. The second-order valence-electron chi connectivity index (χ2n) is 4.10. The fourth-order valence-corrected chi connectivity index (χ4v) is 2.02. The van der Waals surface area contributed by atoms with Crippen LogP contribution in [0.2, 0.25) is 0 Å². The number of benzene rings is 1. The Morgan fingerprint density at radius 1 is 1.29 bits per heavy atom. The van der Waals surface area contributed by atoms with Gasteiger partial charge >= 0.3 is 0 Å². The van der Waals surface area contributed by atoms with E-state index < -0.39 is 0 Å². The van der Waals surface area contributed by atoms with Gasteiger partial charge in [-0.25, -0.2) is 0 Å². The van der Waals surface area contributed by atoms with Crippen molar-refractivity contribution >= 4 is 5.69 Å². The Kier molecular flexibility index (Phi) is 2.73. The van der Waals surface area contributed by atoms with Gasteiger partial charge in [0.1, 0.15) is 0 Å². The minimum atomic E-state index is 0.606. The highest BCUT2D eigenvalue weighted by molar-refractivity contribution is 5.57. The zero-order chi connectivity index (χ0) is 9.97. The Labute approximate surface area is 85.7 Å². The zero-order valence-corrected chi connectivity index (χ0v) is 8.93. The Balaban J connectivity index is 2.14. The van der Waals surface area contributed by atoms with E-state index in [0.717, 1.165) is 13.1 Å². The molecule has 0 spiro atoms. The van der Waals surface area contributed by atoms with Crippen LogP contribution in [0.25, 0.3) is 0 Å². The molecule has 1 aliphatic rings. The molecule has 1 aliphatic heterocycles. The molecule has 0 aliphatic carbocycles. The molecule has 0 amide bonds. The molecular formula is C12H18N2. The number of anilines is 1. The van der Waals surface area contributed by atoms with E-state index in [1.54, 1.807) is 0 Å². The molecule has 0 saturated carbocycles. The highest BCUT2D eigenvalue weighted by Crippen LogP contribution is 2.21. The molecule has 1 unspecified atom stereocenters. The number of aryl methyl sites for hydroxylation is 2. The Morgan fingerprint density at radius 2 is 2.00 bits per heavy atom. The van der Waals surface area contributed by atoms with Gasteiger partial charge in [-0.15, -0.1) is 0 Å². The van der Waals surface area contributed by atoms with Gasteiger partial charge in [0, 0.05) is 18.3 Å². The maximum atomic E-state index is 3.61. The van der Waals surface area contributed by atoms with Crippen LogP contribution >= 0.6 is 0 Å². The summed E-state index contributed by atoms with van der Waals surface area (Å²) in [5, 5.41) is 6.98. The third-order valence-corrected chi connectivity index (χ3v) is 2.89. The maximum Gasteiger partial charge on any atom is 0.0402 e. The predicted molar refractivity (Wildman–Crippen MR) is 60.8 cm³/mol. The van der Waals surface area contributed by atoms with Crippen LogP contribution in [0.5, 0.6) is 0 Å². The van der Waals surface area contributed by atoms with Gasteiger partial charge in [0.2, 0.25) is 0 Å². The molecule has 1 atom stereocenters. The third-order valence-electron chi connectivity index (χ3n) is 2.89. The molecule has 2 rings (SSSR count). The minimum Gasteiger partial charge on any atom is -0.381 e. The standard InChI is InChI=1S/C12H18N2/c1-9-4-3-5-10(2)12(9)14-11-6-7-13-8-11/h3-5,11,13-14H,6-8H2,1-2H3. The minimum absolute atomic E-state index is 0.606. The number of nitrogens with one attached hydrogen (secondary N) is 2. The van der Waals surface area contributed by atoms with Crippen LogP contribution in [0.3, 0.4) is 0 Å². The van der Waals surface area contributed by atoms with Crippen LogP contribution in [0, 0.1) is 13.8 Å². The van der Waals surface area contributed by atoms with E-state index >= 15 is 0 Å². The maximum absolute atomic E-state index is 3.61. The number of hydrogen-bond acceptors (Lipinski definition) is 2. The quantitative estimate of drug-likeness (QED) is 0.746. The predicted octanol–water partition coefficient (Wildman–Crippen LogP) is 2.08. The van der Waals surface area contributed by atoms with Gasteiger partial charge in [-0.1, -0.05) is 18.2 Å². The molecule has 0 radical (unpaired) electrons. The average molecular weight is 190 g/mol. The van der Waals surface area contributed by atoms with E-state index in [0.29, 0.717) is 6.04 Å². The van der Waals surface area contributed by atoms with E-state index in [2.05, 4.69) is 42.7 Å². The molecule has 76 valence electrons. The fourth-order valence-electron chi connectivity index (χ4n) is 2.02. The van der Waals surface area contributed by atoms with Crippen molar-refractivity contribution in [2.24, 2.45) is 0 Å². The van der Waals surface area contributed by atoms with Crippen molar-refractivity contribution in [2.45, 2.75) is 26.3 Å². The molecule has 2 N–H and O–H groups in total. The van der Waals surface area contributed by atoms with Gasteiger partial charge in [0.25, 0.3) is 0 Å². The summed E-state index contributed by atoms with van der Waals surface area (Å²) < 4.78 is 0. The van der Waals surface area contributed by atoms with Crippen LogP contribution < -0.4 is 10.6 Å². The van der Waals surface area contributed by atoms with E-state index in [9.17, 15) is 0 Å². The SMILES string of the molecule is Cc1cccc(C)c1NC1CCNC1. The summed E-state index contributed by atoms with van der Waals surface area (Å²) in [4.78, 5) is 0. The molecule has 1 fully saturated rings. The van der Waals surface area contributed by atoms with Crippen molar-refractivity contribution in [1.82, 2.24) is 5.32 Å². The summed E-state index contributed by atoms with van der Waals surface area (Å²) in [6.45, 7) is 6.56. The first kappa shape index (κ1) is 9.53. The summed E-state index contributed by atoms with van der Waals surface area (Å²) in [5.41, 5.74) is 4.01. The second-order valence-corrected chi connectivity index (χ2v) is 4.10. The highest BCUT2D eigenvalue weighted by Gasteiger charge is 2.15. The monoisotopic (exact) mass is 190 g/mol. The molecule has 0 aromatic heterocycles. The fraction of sp³-hybridized carbons (Fsp3) is 0.500. The summed E-state index contributed by atoms with van der Waals surface area (Å²) in [6, 6.07) is 7.05. The van der Waals surface area contributed by atoms with Crippen molar-refractivity contribution in [1.29, 1.82) is 0 Å². The summed E-state index contributed by atoms with van der Waals surface area (Å²) in [5.74, 6) is 0. The summed E-state index contributed by atoms with van der Waals surface area (Å²) >= 11 is 0. The van der Waals surface area contributed by atoms with Gasteiger partial charge in [-0.3, -0.25) is 0 Å². The normalized spacial score (nSPS) is 21.1. The lowest BCUT2D eigenvalue weighted by molar-refractivity contribution is 0.791. The molecule has 1 heterocycles. The zero-order valence-electron chi connectivity index (χ0n) is 8.93. The molecule has 1 aromatic carbocycles. The van der Waals surface area contributed by atoms with Gasteiger partial charge in [0.05, 0.1) is 0 Å². The van der Waals surface area contributed by atoms with Crippen LogP contribution in [0.1, 0.15) is 17.5 Å².